The molecular weight excluding hydrogens is 256 g/mol. The van der Waals surface area contributed by atoms with Crippen LogP contribution < -0.4 is 11.5 Å². The molecule has 0 amide bonds. The van der Waals surface area contributed by atoms with E-state index in [4.69, 9.17) is 11.5 Å². The van der Waals surface area contributed by atoms with Crippen molar-refractivity contribution in [1.29, 1.82) is 0 Å². The molecule has 0 saturated carbocycles. The fraction of sp³-hybridized carbons (Fsp3) is 0.143. The van der Waals surface area contributed by atoms with Crippen LogP contribution in [0.1, 0.15) is 16.7 Å². The predicted octanol–water partition coefficient (Wildman–Crippen LogP) is 2.83. The second kappa shape index (κ2) is 6.70. The van der Waals surface area contributed by atoms with Crippen molar-refractivity contribution in [3.05, 3.63) is 52.4 Å². The van der Waals surface area contributed by atoms with Gasteiger partial charge in [0.2, 0.25) is 5.96 Å². The fourth-order valence-electron chi connectivity index (χ4n) is 1.15. The fourth-order valence-corrected chi connectivity index (χ4v) is 1.93. The van der Waals surface area contributed by atoms with Gasteiger partial charge in [0.05, 0.1) is 5.70 Å². The maximum Gasteiger partial charge on any atom is 0.222 e. The Bertz CT molecular complexity index is 576. The van der Waals surface area contributed by atoms with E-state index in [-0.39, 0.29) is 11.8 Å². The minimum absolute atomic E-state index is 0.0671. The van der Waals surface area contributed by atoms with E-state index >= 15 is 0 Å². The van der Waals surface area contributed by atoms with E-state index in [0.29, 0.717) is 11.3 Å². The van der Waals surface area contributed by atoms with Crippen LogP contribution in [0.15, 0.2) is 52.6 Å². The van der Waals surface area contributed by atoms with Gasteiger partial charge in [-0.2, -0.15) is 4.99 Å². The Labute approximate surface area is 117 Å². The summed E-state index contributed by atoms with van der Waals surface area (Å²) in [5.41, 5.74) is 12.4. The van der Waals surface area contributed by atoms with Crippen LogP contribution in [0.2, 0.25) is 0 Å². The van der Waals surface area contributed by atoms with Gasteiger partial charge in [-0.3, -0.25) is 0 Å². The SMILES string of the molecule is C=C(/C=C/c1ccc(C)s1)N=C(N)N=C(N)C(=C)C. The summed E-state index contributed by atoms with van der Waals surface area (Å²) in [6, 6.07) is 4.09. The molecule has 0 spiro atoms. The number of guanidine groups is 1. The number of thiophene rings is 1. The first-order chi connectivity index (χ1) is 8.88. The molecule has 5 heteroatoms. The Morgan fingerprint density at radius 3 is 2.47 bits per heavy atom. The third kappa shape index (κ3) is 5.35. The number of aryl methyl sites for hydroxylation is 1. The number of nitrogens with zero attached hydrogens (tertiary/aromatic N) is 2. The molecule has 0 radical (unpaired) electrons. The van der Waals surface area contributed by atoms with E-state index in [0.717, 1.165) is 4.88 Å². The van der Waals surface area contributed by atoms with Gasteiger partial charge in [-0.25, -0.2) is 4.99 Å². The zero-order valence-corrected chi connectivity index (χ0v) is 12.0. The van der Waals surface area contributed by atoms with Crippen LogP contribution >= 0.6 is 11.3 Å². The molecule has 4 nitrogen and oxygen atoms in total. The molecule has 0 unspecified atom stereocenters. The molecule has 19 heavy (non-hydrogen) atoms. The maximum absolute atomic E-state index is 5.64. The number of aliphatic imine (C=N–C) groups is 2. The van der Waals surface area contributed by atoms with Crippen LogP contribution in [0, 0.1) is 6.92 Å². The average Bonchev–Trinajstić information content (AvgIpc) is 2.72. The highest BCUT2D eigenvalue weighted by Gasteiger charge is 1.95. The van der Waals surface area contributed by atoms with Crippen LogP contribution in [0.25, 0.3) is 6.08 Å². The van der Waals surface area contributed by atoms with Crippen LogP contribution in [0.4, 0.5) is 0 Å². The molecule has 1 aromatic rings. The second-order valence-corrected chi connectivity index (χ2v) is 5.34. The van der Waals surface area contributed by atoms with Crippen LogP contribution in [-0.4, -0.2) is 11.8 Å². The minimum atomic E-state index is 0.0671. The number of allylic oxidation sites excluding steroid dienone is 1. The van der Waals surface area contributed by atoms with Gasteiger partial charge in [0, 0.05) is 9.75 Å². The normalized spacial score (nSPS) is 12.9. The van der Waals surface area contributed by atoms with Gasteiger partial charge in [0.15, 0.2) is 0 Å². The van der Waals surface area contributed by atoms with Gasteiger partial charge in [-0.1, -0.05) is 13.2 Å². The van der Waals surface area contributed by atoms with Crippen molar-refractivity contribution in [3.8, 4) is 0 Å². The molecule has 4 N–H and O–H groups in total. The smallest absolute Gasteiger partial charge is 0.222 e. The highest BCUT2D eigenvalue weighted by atomic mass is 32.1. The zero-order chi connectivity index (χ0) is 14.4. The second-order valence-electron chi connectivity index (χ2n) is 4.02. The molecule has 0 aliphatic heterocycles. The van der Waals surface area contributed by atoms with Gasteiger partial charge < -0.3 is 11.5 Å². The topological polar surface area (TPSA) is 76.8 Å². The van der Waals surface area contributed by atoms with Crippen molar-refractivity contribution in [2.75, 3.05) is 0 Å². The highest BCUT2D eigenvalue weighted by molar-refractivity contribution is 7.12. The summed E-state index contributed by atoms with van der Waals surface area (Å²) in [5.74, 6) is 0.337. The van der Waals surface area contributed by atoms with Gasteiger partial charge in [0.1, 0.15) is 5.84 Å². The molecule has 1 heterocycles. The molecule has 1 aromatic heterocycles. The van der Waals surface area contributed by atoms with Gasteiger partial charge in [-0.05, 0) is 43.7 Å². The van der Waals surface area contributed by atoms with Crippen LogP contribution in [-0.2, 0) is 0 Å². The molecule has 100 valence electrons. The average molecular weight is 274 g/mol. The lowest BCUT2D eigenvalue weighted by molar-refractivity contribution is 1.34. The Hall–Kier alpha value is -2.14. The lowest BCUT2D eigenvalue weighted by atomic mass is 10.3. The van der Waals surface area contributed by atoms with Gasteiger partial charge in [0.25, 0.3) is 0 Å². The van der Waals surface area contributed by atoms with Crippen LogP contribution in [0.5, 0.6) is 0 Å². The van der Waals surface area contributed by atoms with E-state index in [1.807, 2.05) is 12.1 Å². The Balaban J connectivity index is 2.71. The third-order valence-corrected chi connectivity index (χ3v) is 3.10. The Morgan fingerprint density at radius 1 is 1.26 bits per heavy atom. The lowest BCUT2D eigenvalue weighted by Crippen LogP contribution is -2.19. The van der Waals surface area contributed by atoms with E-state index in [2.05, 4.69) is 36.1 Å². The minimum Gasteiger partial charge on any atom is -0.383 e. The first kappa shape index (κ1) is 14.9. The summed E-state index contributed by atoms with van der Waals surface area (Å²) in [4.78, 5) is 10.3. The molecule has 0 fully saturated rings. The summed E-state index contributed by atoms with van der Waals surface area (Å²) in [6.07, 6.45) is 3.72. The highest BCUT2D eigenvalue weighted by Crippen LogP contribution is 2.17. The summed E-state index contributed by atoms with van der Waals surface area (Å²) in [7, 11) is 0. The van der Waals surface area contributed by atoms with E-state index in [1.54, 1.807) is 24.3 Å². The number of hydrogen-bond acceptors (Lipinski definition) is 2. The largest absolute Gasteiger partial charge is 0.383 e. The maximum atomic E-state index is 5.64. The number of rotatable bonds is 4. The van der Waals surface area contributed by atoms with Crippen molar-refractivity contribution in [2.45, 2.75) is 13.8 Å². The summed E-state index contributed by atoms with van der Waals surface area (Å²) in [6.45, 7) is 11.3. The lowest BCUT2D eigenvalue weighted by Gasteiger charge is -1.98. The molecular formula is C14H18N4S. The van der Waals surface area contributed by atoms with Gasteiger partial charge >= 0.3 is 0 Å². The molecule has 0 aromatic carbocycles. The molecule has 0 atom stereocenters. The van der Waals surface area contributed by atoms with Crippen molar-refractivity contribution in [3.63, 3.8) is 0 Å². The number of nitrogens with two attached hydrogens (primary N) is 2. The van der Waals surface area contributed by atoms with Crippen molar-refractivity contribution < 1.29 is 0 Å². The molecule has 0 bridgehead atoms. The summed E-state index contributed by atoms with van der Waals surface area (Å²) in [5, 5.41) is 0. The van der Waals surface area contributed by atoms with E-state index in [1.165, 1.54) is 4.88 Å². The van der Waals surface area contributed by atoms with E-state index < -0.39 is 0 Å². The summed E-state index contributed by atoms with van der Waals surface area (Å²) < 4.78 is 0. The van der Waals surface area contributed by atoms with Gasteiger partial charge in [-0.15, -0.1) is 11.3 Å². The molecule has 1 rings (SSSR count). The monoisotopic (exact) mass is 274 g/mol. The van der Waals surface area contributed by atoms with Crippen molar-refractivity contribution >= 4 is 29.2 Å². The number of hydrogen-bond donors (Lipinski definition) is 2. The van der Waals surface area contributed by atoms with Crippen molar-refractivity contribution in [1.82, 2.24) is 0 Å². The van der Waals surface area contributed by atoms with Crippen LogP contribution in [0.3, 0.4) is 0 Å². The molecule has 0 saturated heterocycles. The summed E-state index contributed by atoms with van der Waals surface area (Å²) >= 11 is 1.70. The molecule has 0 aliphatic rings. The Kier molecular flexibility index (Phi) is 5.26. The first-order valence-corrected chi connectivity index (χ1v) is 6.47. The quantitative estimate of drug-likeness (QED) is 0.503. The Morgan fingerprint density at radius 2 is 1.95 bits per heavy atom. The van der Waals surface area contributed by atoms with E-state index in [9.17, 15) is 0 Å². The standard InChI is InChI=1S/C14H18N4S/c1-9(2)13(15)18-14(16)17-10(3)5-7-12-8-6-11(4)19-12/h5-8H,1,3H2,2,4H3,(H4,15,16,17,18)/b7-5+. The zero-order valence-electron chi connectivity index (χ0n) is 11.2. The number of amidine groups is 1. The molecule has 0 aliphatic carbocycles. The van der Waals surface area contributed by atoms with Crippen molar-refractivity contribution in [2.24, 2.45) is 21.5 Å². The first-order valence-electron chi connectivity index (χ1n) is 5.66. The third-order valence-electron chi connectivity index (χ3n) is 2.13. The predicted molar refractivity (Wildman–Crippen MR) is 85.3 cm³/mol.